The molecule has 0 spiro atoms. The molecular weight excluding hydrogens is 286 g/mol. The summed E-state index contributed by atoms with van der Waals surface area (Å²) in [6.07, 6.45) is 1.78. The highest BCUT2D eigenvalue weighted by molar-refractivity contribution is 7.91. The molecule has 0 N–H and O–H groups in total. The van der Waals surface area contributed by atoms with Crippen LogP contribution in [-0.2, 0) is 23.3 Å². The van der Waals surface area contributed by atoms with Crippen molar-refractivity contribution in [3.05, 3.63) is 47.3 Å². The molecule has 0 unspecified atom stereocenters. The molecule has 2 aromatic rings. The van der Waals surface area contributed by atoms with E-state index in [0.717, 1.165) is 23.4 Å². The molecule has 0 aliphatic heterocycles. The van der Waals surface area contributed by atoms with Gasteiger partial charge in [-0.1, -0.05) is 0 Å². The van der Waals surface area contributed by atoms with Gasteiger partial charge in [0.25, 0.3) is 0 Å². The van der Waals surface area contributed by atoms with Gasteiger partial charge in [0.05, 0.1) is 11.9 Å². The van der Waals surface area contributed by atoms with Crippen molar-refractivity contribution in [1.29, 1.82) is 0 Å². The van der Waals surface area contributed by atoms with E-state index in [-0.39, 0.29) is 12.2 Å². The van der Waals surface area contributed by atoms with Gasteiger partial charge in [-0.15, -0.1) is 0 Å². The molecule has 4 nitrogen and oxygen atoms in total. The first kappa shape index (κ1) is 14.6. The molecule has 0 amide bonds. The second kappa shape index (κ2) is 5.32. The van der Waals surface area contributed by atoms with Crippen LogP contribution in [0.4, 0.5) is 8.78 Å². The fourth-order valence-electron chi connectivity index (χ4n) is 1.86. The highest BCUT2D eigenvalue weighted by Crippen LogP contribution is 2.19. The number of aromatic nitrogens is 2. The number of nitrogens with zero attached hydrogens (tertiary/aromatic N) is 2. The molecule has 0 atom stereocenters. The van der Waals surface area contributed by atoms with Crippen LogP contribution in [0.25, 0.3) is 0 Å². The van der Waals surface area contributed by atoms with Gasteiger partial charge >= 0.3 is 0 Å². The average molecular weight is 300 g/mol. The second-order valence-electron chi connectivity index (χ2n) is 4.52. The maximum atomic E-state index is 13.5. The van der Waals surface area contributed by atoms with Crippen molar-refractivity contribution in [3.8, 4) is 0 Å². The van der Waals surface area contributed by atoms with Crippen LogP contribution in [-0.4, -0.2) is 24.0 Å². The third-order valence-electron chi connectivity index (χ3n) is 3.21. The average Bonchev–Trinajstić information content (AvgIpc) is 2.70. The number of hydrogen-bond donors (Lipinski definition) is 0. The van der Waals surface area contributed by atoms with Crippen LogP contribution in [0.5, 0.6) is 0 Å². The molecular formula is C13H14F2N2O2S. The summed E-state index contributed by atoms with van der Waals surface area (Å²) < 4.78 is 52.3. The summed E-state index contributed by atoms with van der Waals surface area (Å²) in [6.45, 7) is 1.82. The molecule has 1 aromatic heterocycles. The molecule has 0 bridgehead atoms. The standard InChI is InChI=1S/C13H14F2N2O2S/c1-9-10(8-16-17(9)2)5-6-20(18,19)13-7-11(14)3-4-12(13)15/h3-4,7-8H,5-6H2,1-2H3. The smallest absolute Gasteiger partial charge is 0.181 e. The third kappa shape index (κ3) is 2.87. The number of rotatable bonds is 4. The van der Waals surface area contributed by atoms with Gasteiger partial charge in [0.2, 0.25) is 0 Å². The Morgan fingerprint density at radius 2 is 2.00 bits per heavy atom. The minimum atomic E-state index is -3.87. The summed E-state index contributed by atoms with van der Waals surface area (Å²) in [5.41, 5.74) is 1.62. The molecule has 108 valence electrons. The number of sulfone groups is 1. The predicted octanol–water partition coefficient (Wildman–Crippen LogP) is 2.02. The molecule has 7 heteroatoms. The summed E-state index contributed by atoms with van der Waals surface area (Å²) in [5.74, 6) is -2.00. The summed E-state index contributed by atoms with van der Waals surface area (Å²) in [5, 5.41) is 4.01. The summed E-state index contributed by atoms with van der Waals surface area (Å²) >= 11 is 0. The summed E-state index contributed by atoms with van der Waals surface area (Å²) in [6, 6.07) is 2.41. The molecule has 1 heterocycles. The van der Waals surface area contributed by atoms with Gasteiger partial charge in [-0.05, 0) is 37.1 Å². The Bertz CT molecular complexity index is 739. The summed E-state index contributed by atoms with van der Waals surface area (Å²) in [4.78, 5) is -0.598. The minimum absolute atomic E-state index is 0.206. The van der Waals surface area contributed by atoms with Crippen molar-refractivity contribution in [2.75, 3.05) is 5.75 Å². The van der Waals surface area contributed by atoms with E-state index in [1.165, 1.54) is 0 Å². The Morgan fingerprint density at radius 3 is 2.60 bits per heavy atom. The van der Waals surface area contributed by atoms with Crippen molar-refractivity contribution in [2.24, 2.45) is 7.05 Å². The Labute approximate surface area is 116 Å². The Balaban J connectivity index is 2.24. The first-order chi connectivity index (χ1) is 9.31. The van der Waals surface area contributed by atoms with Crippen LogP contribution in [0.1, 0.15) is 11.3 Å². The predicted molar refractivity (Wildman–Crippen MR) is 70.1 cm³/mol. The fraction of sp³-hybridized carbons (Fsp3) is 0.308. The van der Waals surface area contributed by atoms with Crippen LogP contribution < -0.4 is 0 Å². The minimum Gasteiger partial charge on any atom is -0.273 e. The largest absolute Gasteiger partial charge is 0.273 e. The maximum Gasteiger partial charge on any atom is 0.181 e. The monoisotopic (exact) mass is 300 g/mol. The molecule has 0 aliphatic carbocycles. The number of benzene rings is 1. The van der Waals surface area contributed by atoms with E-state index in [9.17, 15) is 17.2 Å². The van der Waals surface area contributed by atoms with E-state index in [0.29, 0.717) is 6.07 Å². The quantitative estimate of drug-likeness (QED) is 0.868. The summed E-state index contributed by atoms with van der Waals surface area (Å²) in [7, 11) is -2.12. The van der Waals surface area contributed by atoms with Crippen molar-refractivity contribution in [1.82, 2.24) is 9.78 Å². The van der Waals surface area contributed by atoms with Crippen LogP contribution in [0.3, 0.4) is 0 Å². The van der Waals surface area contributed by atoms with Gasteiger partial charge in [0.15, 0.2) is 9.84 Å². The lowest BCUT2D eigenvalue weighted by Crippen LogP contribution is -2.12. The van der Waals surface area contributed by atoms with E-state index >= 15 is 0 Å². The second-order valence-corrected chi connectivity index (χ2v) is 6.60. The number of halogens is 2. The number of hydrogen-bond acceptors (Lipinski definition) is 3. The van der Waals surface area contributed by atoms with E-state index in [2.05, 4.69) is 5.10 Å². The van der Waals surface area contributed by atoms with Gasteiger partial charge < -0.3 is 0 Å². The van der Waals surface area contributed by atoms with E-state index in [1.54, 1.807) is 17.9 Å². The van der Waals surface area contributed by atoms with Crippen LogP contribution in [0.2, 0.25) is 0 Å². The molecule has 20 heavy (non-hydrogen) atoms. The van der Waals surface area contributed by atoms with E-state index < -0.39 is 26.4 Å². The Hall–Kier alpha value is -1.76. The zero-order valence-electron chi connectivity index (χ0n) is 11.1. The molecule has 0 saturated carbocycles. The van der Waals surface area contributed by atoms with Gasteiger partial charge in [0, 0.05) is 12.7 Å². The van der Waals surface area contributed by atoms with Crippen LogP contribution in [0.15, 0.2) is 29.3 Å². The first-order valence-corrected chi connectivity index (χ1v) is 7.62. The van der Waals surface area contributed by atoms with Gasteiger partial charge in [0.1, 0.15) is 16.5 Å². The number of aryl methyl sites for hydroxylation is 2. The van der Waals surface area contributed by atoms with Gasteiger partial charge in [-0.2, -0.15) is 5.10 Å². The fourth-order valence-corrected chi connectivity index (χ4v) is 3.23. The van der Waals surface area contributed by atoms with E-state index in [4.69, 9.17) is 0 Å². The van der Waals surface area contributed by atoms with Gasteiger partial charge in [-0.25, -0.2) is 17.2 Å². The van der Waals surface area contributed by atoms with Gasteiger partial charge in [-0.3, -0.25) is 4.68 Å². The van der Waals surface area contributed by atoms with Crippen LogP contribution >= 0.6 is 0 Å². The topological polar surface area (TPSA) is 52.0 Å². The lowest BCUT2D eigenvalue weighted by Gasteiger charge is -2.06. The van der Waals surface area contributed by atoms with Crippen molar-refractivity contribution < 1.29 is 17.2 Å². The first-order valence-electron chi connectivity index (χ1n) is 5.96. The lowest BCUT2D eigenvalue weighted by atomic mass is 10.2. The SMILES string of the molecule is Cc1c(CCS(=O)(=O)c2cc(F)ccc2F)cnn1C. The zero-order valence-corrected chi connectivity index (χ0v) is 11.9. The molecule has 0 saturated heterocycles. The third-order valence-corrected chi connectivity index (χ3v) is 4.93. The normalized spacial score (nSPS) is 11.8. The highest BCUT2D eigenvalue weighted by atomic mass is 32.2. The Kier molecular flexibility index (Phi) is 3.89. The van der Waals surface area contributed by atoms with Crippen molar-refractivity contribution in [3.63, 3.8) is 0 Å². The Morgan fingerprint density at radius 1 is 1.30 bits per heavy atom. The molecule has 0 radical (unpaired) electrons. The maximum absolute atomic E-state index is 13.5. The van der Waals surface area contributed by atoms with Crippen molar-refractivity contribution >= 4 is 9.84 Å². The molecule has 1 aromatic carbocycles. The lowest BCUT2D eigenvalue weighted by molar-refractivity contribution is 0.553. The van der Waals surface area contributed by atoms with Crippen molar-refractivity contribution in [2.45, 2.75) is 18.2 Å². The zero-order chi connectivity index (χ0) is 14.9. The molecule has 0 aliphatic rings. The van der Waals surface area contributed by atoms with Crippen LogP contribution in [0, 0.1) is 18.6 Å². The van der Waals surface area contributed by atoms with E-state index in [1.807, 2.05) is 6.92 Å². The molecule has 2 rings (SSSR count). The molecule has 0 fully saturated rings. The highest BCUT2D eigenvalue weighted by Gasteiger charge is 2.20.